The third-order valence-electron chi connectivity index (χ3n) is 4.64. The van der Waals surface area contributed by atoms with Crippen molar-refractivity contribution in [1.82, 2.24) is 0 Å². The van der Waals surface area contributed by atoms with Crippen LogP contribution in [-0.4, -0.2) is 30.6 Å². The van der Waals surface area contributed by atoms with Crippen molar-refractivity contribution in [3.8, 4) is 17.2 Å². The predicted molar refractivity (Wildman–Crippen MR) is 133 cm³/mol. The summed E-state index contributed by atoms with van der Waals surface area (Å²) in [6.45, 7) is 0.748. The molecule has 0 saturated carbocycles. The van der Waals surface area contributed by atoms with Crippen molar-refractivity contribution in [1.29, 1.82) is 0 Å². The predicted octanol–water partition coefficient (Wildman–Crippen LogP) is 5.56. The van der Waals surface area contributed by atoms with E-state index >= 15 is 0 Å². The monoisotopic (exact) mass is 463 g/mol. The Morgan fingerprint density at radius 2 is 1.62 bits per heavy atom. The molecule has 1 aliphatic heterocycles. The van der Waals surface area contributed by atoms with Crippen molar-refractivity contribution in [2.24, 2.45) is 0 Å². The number of thioether (sulfide) groups is 1. The number of hydrogen-bond donors (Lipinski definition) is 0. The highest BCUT2D eigenvalue weighted by Crippen LogP contribution is 2.36. The number of benzene rings is 3. The maximum Gasteiger partial charge on any atom is 0.270 e. The fraction of sp³-hybridized carbons (Fsp3) is 0.120. The van der Waals surface area contributed by atoms with Crippen molar-refractivity contribution < 1.29 is 19.0 Å². The first kappa shape index (κ1) is 21.9. The van der Waals surface area contributed by atoms with Crippen molar-refractivity contribution in [3.05, 3.63) is 89.3 Å². The number of carbonyl (C=O) groups is 1. The Morgan fingerprint density at radius 3 is 2.41 bits per heavy atom. The molecule has 4 rings (SSSR count). The van der Waals surface area contributed by atoms with Gasteiger partial charge in [-0.1, -0.05) is 66.4 Å². The SMILES string of the molecule is COc1ccccc1OCCOc1cccc(/C=C2\SC(=S)N(c3ccccc3)C2=O)c1. The largest absolute Gasteiger partial charge is 0.493 e. The quantitative estimate of drug-likeness (QED) is 0.248. The molecular weight excluding hydrogens is 442 g/mol. The van der Waals surface area contributed by atoms with Crippen LogP contribution in [0.3, 0.4) is 0 Å². The van der Waals surface area contributed by atoms with Gasteiger partial charge in [-0.3, -0.25) is 9.69 Å². The molecule has 5 nitrogen and oxygen atoms in total. The van der Waals surface area contributed by atoms with Crippen LogP contribution in [0.1, 0.15) is 5.56 Å². The third kappa shape index (κ3) is 5.12. The van der Waals surface area contributed by atoms with Gasteiger partial charge in [-0.05, 0) is 48.0 Å². The van der Waals surface area contributed by atoms with Crippen molar-refractivity contribution in [2.75, 3.05) is 25.2 Å². The van der Waals surface area contributed by atoms with Crippen molar-refractivity contribution in [3.63, 3.8) is 0 Å². The Hall–Kier alpha value is -3.29. The van der Waals surface area contributed by atoms with Crippen LogP contribution in [0.5, 0.6) is 17.2 Å². The molecule has 1 fully saturated rings. The van der Waals surface area contributed by atoms with E-state index in [0.29, 0.717) is 39.7 Å². The maximum absolute atomic E-state index is 12.9. The molecule has 162 valence electrons. The van der Waals surface area contributed by atoms with Crippen LogP contribution < -0.4 is 19.1 Å². The Kier molecular flexibility index (Phi) is 7.09. The fourth-order valence-corrected chi connectivity index (χ4v) is 4.46. The van der Waals surface area contributed by atoms with Gasteiger partial charge in [-0.25, -0.2) is 0 Å². The van der Waals surface area contributed by atoms with Crippen molar-refractivity contribution >= 4 is 46.0 Å². The molecule has 1 aliphatic rings. The molecule has 0 bridgehead atoms. The number of nitrogens with zero attached hydrogens (tertiary/aromatic N) is 1. The second-order valence-corrected chi connectivity index (χ2v) is 8.45. The number of para-hydroxylation sites is 3. The number of anilines is 1. The highest BCUT2D eigenvalue weighted by molar-refractivity contribution is 8.27. The molecule has 1 saturated heterocycles. The number of amides is 1. The first-order valence-corrected chi connectivity index (χ1v) is 11.2. The summed E-state index contributed by atoms with van der Waals surface area (Å²) in [5.74, 6) is 1.93. The van der Waals surface area contributed by atoms with Crippen LogP contribution in [-0.2, 0) is 4.79 Å². The Morgan fingerprint density at radius 1 is 0.906 bits per heavy atom. The van der Waals surface area contributed by atoms with E-state index in [-0.39, 0.29) is 5.91 Å². The minimum atomic E-state index is -0.122. The summed E-state index contributed by atoms with van der Waals surface area (Å²) in [5, 5.41) is 0. The maximum atomic E-state index is 12.9. The lowest BCUT2D eigenvalue weighted by molar-refractivity contribution is -0.113. The number of carbonyl (C=O) groups excluding carboxylic acids is 1. The Balaban J connectivity index is 1.38. The van der Waals surface area contributed by atoms with Crippen LogP contribution in [0.4, 0.5) is 5.69 Å². The summed E-state index contributed by atoms with van der Waals surface area (Å²) in [5.41, 5.74) is 1.63. The van der Waals surface area contributed by atoms with Crippen LogP contribution in [0, 0.1) is 0 Å². The topological polar surface area (TPSA) is 48.0 Å². The second-order valence-electron chi connectivity index (χ2n) is 6.77. The molecule has 0 radical (unpaired) electrons. The highest BCUT2D eigenvalue weighted by atomic mass is 32.2. The summed E-state index contributed by atoms with van der Waals surface area (Å²) < 4.78 is 17.4. The van der Waals surface area contributed by atoms with E-state index < -0.39 is 0 Å². The molecule has 32 heavy (non-hydrogen) atoms. The average Bonchev–Trinajstić information content (AvgIpc) is 3.10. The number of hydrogen-bond acceptors (Lipinski definition) is 6. The molecule has 0 unspecified atom stereocenters. The molecule has 0 atom stereocenters. The van der Waals surface area contributed by atoms with Gasteiger partial charge in [0, 0.05) is 0 Å². The van der Waals surface area contributed by atoms with Crippen molar-refractivity contribution in [2.45, 2.75) is 0 Å². The fourth-order valence-electron chi connectivity index (χ4n) is 3.16. The van der Waals surface area contributed by atoms with E-state index in [9.17, 15) is 4.79 Å². The van der Waals surface area contributed by atoms with Crippen LogP contribution >= 0.6 is 24.0 Å². The lowest BCUT2D eigenvalue weighted by Crippen LogP contribution is -2.27. The van der Waals surface area contributed by atoms with E-state index in [2.05, 4.69) is 0 Å². The Bertz CT molecular complexity index is 1150. The van der Waals surface area contributed by atoms with Gasteiger partial charge < -0.3 is 14.2 Å². The van der Waals surface area contributed by atoms with Gasteiger partial charge in [0.2, 0.25) is 0 Å². The number of methoxy groups -OCH3 is 1. The van der Waals surface area contributed by atoms with E-state index in [4.69, 9.17) is 26.4 Å². The zero-order chi connectivity index (χ0) is 22.3. The van der Waals surface area contributed by atoms with Gasteiger partial charge in [0.1, 0.15) is 19.0 Å². The molecule has 7 heteroatoms. The standard InChI is InChI=1S/C25H21NO4S2/c1-28-21-12-5-6-13-22(21)30-15-14-29-20-11-7-8-18(16-20)17-23-24(27)26(25(31)32-23)19-9-3-2-4-10-19/h2-13,16-17H,14-15H2,1H3/b23-17-. The van der Waals surface area contributed by atoms with E-state index in [1.165, 1.54) is 11.8 Å². The van der Waals surface area contributed by atoms with E-state index in [1.807, 2.05) is 84.9 Å². The lowest BCUT2D eigenvalue weighted by atomic mass is 10.2. The smallest absolute Gasteiger partial charge is 0.270 e. The van der Waals surface area contributed by atoms with Crippen LogP contribution in [0.2, 0.25) is 0 Å². The zero-order valence-electron chi connectivity index (χ0n) is 17.4. The molecule has 1 heterocycles. The van der Waals surface area contributed by atoms with Crippen LogP contribution in [0.15, 0.2) is 83.8 Å². The molecule has 3 aromatic rings. The first-order valence-electron chi connectivity index (χ1n) is 9.97. The number of rotatable bonds is 8. The lowest BCUT2D eigenvalue weighted by Gasteiger charge is -2.13. The molecular formula is C25H21NO4S2. The Labute approximate surface area is 196 Å². The summed E-state index contributed by atoms with van der Waals surface area (Å²) in [7, 11) is 1.61. The van der Waals surface area contributed by atoms with Gasteiger partial charge in [0.15, 0.2) is 15.8 Å². The number of thiocarbonyl (C=S) groups is 1. The molecule has 0 aromatic heterocycles. The van der Waals surface area contributed by atoms with Gasteiger partial charge in [-0.15, -0.1) is 0 Å². The minimum absolute atomic E-state index is 0.122. The van der Waals surface area contributed by atoms with Crippen LogP contribution in [0.25, 0.3) is 6.08 Å². The van der Waals surface area contributed by atoms with Gasteiger partial charge in [0.05, 0.1) is 17.7 Å². The molecule has 3 aromatic carbocycles. The average molecular weight is 464 g/mol. The van der Waals surface area contributed by atoms with Gasteiger partial charge in [0.25, 0.3) is 5.91 Å². The zero-order valence-corrected chi connectivity index (χ0v) is 19.0. The molecule has 0 spiro atoms. The van der Waals surface area contributed by atoms with E-state index in [0.717, 1.165) is 11.3 Å². The second kappa shape index (κ2) is 10.3. The normalized spacial score (nSPS) is 14.7. The molecule has 0 N–H and O–H groups in total. The summed E-state index contributed by atoms with van der Waals surface area (Å²) in [6.07, 6.45) is 1.83. The first-order chi connectivity index (χ1) is 15.7. The summed E-state index contributed by atoms with van der Waals surface area (Å²) in [4.78, 5) is 15.0. The summed E-state index contributed by atoms with van der Waals surface area (Å²) >= 11 is 6.72. The molecule has 0 aliphatic carbocycles. The third-order valence-corrected chi connectivity index (χ3v) is 5.94. The van der Waals surface area contributed by atoms with Gasteiger partial charge >= 0.3 is 0 Å². The number of ether oxygens (including phenoxy) is 3. The van der Waals surface area contributed by atoms with Gasteiger partial charge in [-0.2, -0.15) is 0 Å². The van der Waals surface area contributed by atoms with E-state index in [1.54, 1.807) is 12.0 Å². The summed E-state index contributed by atoms with van der Waals surface area (Å²) in [6, 6.07) is 24.5. The highest BCUT2D eigenvalue weighted by Gasteiger charge is 2.33. The molecule has 1 amide bonds. The minimum Gasteiger partial charge on any atom is -0.493 e.